The first-order valence-corrected chi connectivity index (χ1v) is 7.21. The molecule has 0 unspecified atom stereocenters. The standard InChI is InChI=1S/C16H19F2N3O2/c1-16(2,5-6-22)10-19-15(23)11-8-20-21(9-11)14-4-3-12(17)7-13(14)18/h3-4,7-9,22H,5-6,10H2,1-2H3,(H,19,23). The molecule has 0 aliphatic carbocycles. The molecule has 0 spiro atoms. The molecule has 0 bridgehead atoms. The Kier molecular flexibility index (Phi) is 5.10. The molecule has 1 amide bonds. The summed E-state index contributed by atoms with van der Waals surface area (Å²) >= 11 is 0. The van der Waals surface area contributed by atoms with E-state index in [9.17, 15) is 13.6 Å². The lowest BCUT2D eigenvalue weighted by atomic mass is 9.90. The summed E-state index contributed by atoms with van der Waals surface area (Å²) in [6.45, 7) is 4.30. The van der Waals surface area contributed by atoms with Gasteiger partial charge in [-0.2, -0.15) is 5.10 Å². The Labute approximate surface area is 132 Å². The predicted molar refractivity (Wildman–Crippen MR) is 81.3 cm³/mol. The molecule has 0 saturated heterocycles. The third-order valence-electron chi connectivity index (χ3n) is 3.52. The Morgan fingerprint density at radius 1 is 1.39 bits per heavy atom. The molecule has 5 nitrogen and oxygen atoms in total. The first-order valence-electron chi connectivity index (χ1n) is 7.21. The normalized spacial score (nSPS) is 11.5. The summed E-state index contributed by atoms with van der Waals surface area (Å²) in [6.07, 6.45) is 3.26. The second kappa shape index (κ2) is 6.87. The number of rotatable bonds is 6. The highest BCUT2D eigenvalue weighted by atomic mass is 19.1. The number of halogens is 2. The average molecular weight is 323 g/mol. The van der Waals surface area contributed by atoms with Gasteiger partial charge in [0.1, 0.15) is 11.5 Å². The SMILES string of the molecule is CC(C)(CCO)CNC(=O)c1cnn(-c2ccc(F)cc2F)c1. The van der Waals surface area contributed by atoms with Crippen LogP contribution in [0.3, 0.4) is 0 Å². The van der Waals surface area contributed by atoms with Crippen LogP contribution in [-0.2, 0) is 0 Å². The summed E-state index contributed by atoms with van der Waals surface area (Å²) in [7, 11) is 0. The largest absolute Gasteiger partial charge is 0.396 e. The fourth-order valence-electron chi connectivity index (χ4n) is 2.05. The number of carbonyl (C=O) groups excluding carboxylic acids is 1. The smallest absolute Gasteiger partial charge is 0.254 e. The minimum absolute atomic E-state index is 0.0463. The van der Waals surface area contributed by atoms with Crippen molar-refractivity contribution in [2.24, 2.45) is 5.41 Å². The Hall–Kier alpha value is -2.28. The van der Waals surface area contributed by atoms with Crippen LogP contribution in [0.5, 0.6) is 0 Å². The van der Waals surface area contributed by atoms with E-state index < -0.39 is 11.6 Å². The van der Waals surface area contributed by atoms with Crippen LogP contribution in [0.2, 0.25) is 0 Å². The van der Waals surface area contributed by atoms with E-state index >= 15 is 0 Å². The molecule has 23 heavy (non-hydrogen) atoms. The van der Waals surface area contributed by atoms with E-state index in [1.807, 2.05) is 13.8 Å². The Morgan fingerprint density at radius 2 is 2.13 bits per heavy atom. The van der Waals surface area contributed by atoms with Crippen molar-refractivity contribution in [2.75, 3.05) is 13.2 Å². The first-order chi connectivity index (χ1) is 10.8. The number of benzene rings is 1. The summed E-state index contributed by atoms with van der Waals surface area (Å²) in [4.78, 5) is 12.1. The van der Waals surface area contributed by atoms with Crippen molar-refractivity contribution >= 4 is 5.91 Å². The molecule has 0 radical (unpaired) electrons. The maximum atomic E-state index is 13.7. The molecule has 124 valence electrons. The number of aliphatic hydroxyl groups excluding tert-OH is 1. The van der Waals surface area contributed by atoms with Crippen molar-refractivity contribution in [3.63, 3.8) is 0 Å². The molecule has 2 N–H and O–H groups in total. The minimum Gasteiger partial charge on any atom is -0.396 e. The van der Waals surface area contributed by atoms with Gasteiger partial charge in [-0.3, -0.25) is 4.79 Å². The van der Waals surface area contributed by atoms with Crippen molar-refractivity contribution in [2.45, 2.75) is 20.3 Å². The fraction of sp³-hybridized carbons (Fsp3) is 0.375. The van der Waals surface area contributed by atoms with E-state index in [4.69, 9.17) is 5.11 Å². The van der Waals surface area contributed by atoms with E-state index in [1.165, 1.54) is 23.1 Å². The van der Waals surface area contributed by atoms with Gasteiger partial charge in [-0.25, -0.2) is 13.5 Å². The first kappa shape index (κ1) is 17.1. The van der Waals surface area contributed by atoms with Crippen molar-refractivity contribution in [3.8, 4) is 5.69 Å². The molecule has 0 aliphatic heterocycles. The Morgan fingerprint density at radius 3 is 2.78 bits per heavy atom. The van der Waals surface area contributed by atoms with Crippen LogP contribution in [0.15, 0.2) is 30.6 Å². The van der Waals surface area contributed by atoms with E-state index in [-0.39, 0.29) is 29.2 Å². The zero-order valence-electron chi connectivity index (χ0n) is 13.0. The molecule has 1 aromatic carbocycles. The minimum atomic E-state index is -0.760. The molecule has 0 saturated carbocycles. The molecule has 1 heterocycles. The topological polar surface area (TPSA) is 67.2 Å². The van der Waals surface area contributed by atoms with Crippen molar-refractivity contribution < 1.29 is 18.7 Å². The second-order valence-corrected chi connectivity index (χ2v) is 6.09. The molecular weight excluding hydrogens is 304 g/mol. The molecule has 0 aliphatic rings. The summed E-state index contributed by atoms with van der Waals surface area (Å²) in [5, 5.41) is 15.7. The number of nitrogens with one attached hydrogen (secondary N) is 1. The zero-order chi connectivity index (χ0) is 17.0. The molecule has 0 fully saturated rings. The van der Waals surface area contributed by atoms with E-state index in [1.54, 1.807) is 0 Å². The van der Waals surface area contributed by atoms with Gasteiger partial charge in [0.2, 0.25) is 0 Å². The molecule has 1 aromatic heterocycles. The molecule has 2 aromatic rings. The van der Waals surface area contributed by atoms with E-state index in [0.717, 1.165) is 12.1 Å². The molecule has 0 atom stereocenters. The summed E-state index contributed by atoms with van der Waals surface area (Å²) in [6, 6.07) is 3.13. The van der Waals surface area contributed by atoms with Gasteiger partial charge in [0, 0.05) is 25.4 Å². The monoisotopic (exact) mass is 323 g/mol. The number of amides is 1. The zero-order valence-corrected chi connectivity index (χ0v) is 13.0. The van der Waals surface area contributed by atoms with Crippen LogP contribution >= 0.6 is 0 Å². The van der Waals surface area contributed by atoms with Gasteiger partial charge in [0.15, 0.2) is 5.82 Å². The van der Waals surface area contributed by atoms with Gasteiger partial charge < -0.3 is 10.4 Å². The highest BCUT2D eigenvalue weighted by Gasteiger charge is 2.19. The molecular formula is C16H19F2N3O2. The van der Waals surface area contributed by atoms with Crippen molar-refractivity contribution in [3.05, 3.63) is 47.8 Å². The lowest BCUT2D eigenvalue weighted by molar-refractivity contribution is 0.0928. The summed E-state index contributed by atoms with van der Waals surface area (Å²) in [5.74, 6) is -1.78. The van der Waals surface area contributed by atoms with Crippen LogP contribution < -0.4 is 5.32 Å². The molecule has 2 rings (SSSR count). The highest BCUT2D eigenvalue weighted by molar-refractivity contribution is 5.93. The van der Waals surface area contributed by atoms with Crippen molar-refractivity contribution in [1.29, 1.82) is 0 Å². The van der Waals surface area contributed by atoms with Crippen molar-refractivity contribution in [1.82, 2.24) is 15.1 Å². The van der Waals surface area contributed by atoms with E-state index in [0.29, 0.717) is 13.0 Å². The summed E-state index contributed by atoms with van der Waals surface area (Å²) < 4.78 is 27.8. The van der Waals surface area contributed by atoms with Gasteiger partial charge in [0.05, 0.1) is 11.8 Å². The molecule has 7 heteroatoms. The Bertz CT molecular complexity index is 698. The third-order valence-corrected chi connectivity index (χ3v) is 3.52. The predicted octanol–water partition coefficient (Wildman–Crippen LogP) is 2.29. The Balaban J connectivity index is 2.08. The highest BCUT2D eigenvalue weighted by Crippen LogP contribution is 2.18. The maximum Gasteiger partial charge on any atom is 0.254 e. The van der Waals surface area contributed by atoms with E-state index in [2.05, 4.69) is 10.4 Å². The quantitative estimate of drug-likeness (QED) is 0.857. The lowest BCUT2D eigenvalue weighted by Gasteiger charge is -2.23. The maximum absolute atomic E-state index is 13.7. The van der Waals surface area contributed by atoms with Crippen LogP contribution in [0, 0.1) is 17.0 Å². The van der Waals surface area contributed by atoms with Crippen LogP contribution in [0.1, 0.15) is 30.6 Å². The average Bonchev–Trinajstić information content (AvgIpc) is 2.94. The second-order valence-electron chi connectivity index (χ2n) is 6.09. The van der Waals surface area contributed by atoms with Gasteiger partial charge in [-0.15, -0.1) is 0 Å². The van der Waals surface area contributed by atoms with Crippen LogP contribution in [0.4, 0.5) is 8.78 Å². The van der Waals surface area contributed by atoms with Crippen LogP contribution in [-0.4, -0.2) is 33.9 Å². The third kappa shape index (κ3) is 4.35. The summed E-state index contributed by atoms with van der Waals surface area (Å²) in [5.41, 5.74) is 0.100. The number of hydrogen-bond acceptors (Lipinski definition) is 3. The van der Waals surface area contributed by atoms with Gasteiger partial charge in [0.25, 0.3) is 5.91 Å². The lowest BCUT2D eigenvalue weighted by Crippen LogP contribution is -2.34. The van der Waals surface area contributed by atoms with Gasteiger partial charge in [-0.1, -0.05) is 13.8 Å². The number of hydrogen-bond donors (Lipinski definition) is 2. The van der Waals surface area contributed by atoms with Crippen LogP contribution in [0.25, 0.3) is 5.69 Å². The number of aliphatic hydroxyl groups is 1. The number of aromatic nitrogens is 2. The number of nitrogens with zero attached hydrogens (tertiary/aromatic N) is 2. The van der Waals surface area contributed by atoms with Gasteiger partial charge in [-0.05, 0) is 24.0 Å². The number of carbonyl (C=O) groups is 1. The van der Waals surface area contributed by atoms with Gasteiger partial charge >= 0.3 is 0 Å². The fourth-order valence-corrected chi connectivity index (χ4v) is 2.05.